The summed E-state index contributed by atoms with van der Waals surface area (Å²) in [5.74, 6) is -0.117. The number of aryl methyl sites for hydroxylation is 2. The lowest BCUT2D eigenvalue weighted by molar-refractivity contribution is -0.114. The highest BCUT2D eigenvalue weighted by Crippen LogP contribution is 2.34. The van der Waals surface area contributed by atoms with Gasteiger partial charge in [-0.2, -0.15) is 0 Å². The summed E-state index contributed by atoms with van der Waals surface area (Å²) in [5, 5.41) is 9.58. The van der Waals surface area contributed by atoms with Gasteiger partial charge in [0.1, 0.15) is 0 Å². The maximum atomic E-state index is 11.1. The molecule has 24 heavy (non-hydrogen) atoms. The van der Waals surface area contributed by atoms with E-state index in [0.29, 0.717) is 5.13 Å². The Kier molecular flexibility index (Phi) is 5.21. The van der Waals surface area contributed by atoms with E-state index in [0.717, 1.165) is 40.9 Å². The van der Waals surface area contributed by atoms with Gasteiger partial charge in [0.25, 0.3) is 0 Å². The first-order valence-electron chi connectivity index (χ1n) is 7.52. The number of nitrogens with zero attached hydrogens (tertiary/aromatic N) is 4. The van der Waals surface area contributed by atoms with Gasteiger partial charge < -0.3 is 15.2 Å². The van der Waals surface area contributed by atoms with Crippen LogP contribution in [0.1, 0.15) is 19.0 Å². The molecule has 0 spiro atoms. The molecule has 7 nitrogen and oxygen atoms in total. The van der Waals surface area contributed by atoms with Crippen molar-refractivity contribution in [3.8, 4) is 10.6 Å². The van der Waals surface area contributed by atoms with E-state index in [-0.39, 0.29) is 5.91 Å². The van der Waals surface area contributed by atoms with Crippen molar-refractivity contribution >= 4 is 38.8 Å². The molecule has 0 aliphatic heterocycles. The van der Waals surface area contributed by atoms with Crippen LogP contribution in [0.5, 0.6) is 0 Å². The third-order valence-corrected chi connectivity index (χ3v) is 5.14. The first kappa shape index (κ1) is 16.6. The third kappa shape index (κ3) is 4.18. The molecule has 0 saturated heterocycles. The topological polar surface area (TPSA) is 84.7 Å². The molecule has 0 atom stereocenters. The summed E-state index contributed by atoms with van der Waals surface area (Å²) in [5.41, 5.74) is 1.77. The van der Waals surface area contributed by atoms with Crippen LogP contribution in [0, 0.1) is 6.92 Å². The van der Waals surface area contributed by atoms with Crippen LogP contribution in [0.4, 0.5) is 10.3 Å². The zero-order chi connectivity index (χ0) is 16.9. The first-order valence-corrected chi connectivity index (χ1v) is 9.22. The van der Waals surface area contributed by atoms with E-state index in [9.17, 15) is 4.79 Å². The average molecular weight is 362 g/mol. The molecule has 0 fully saturated rings. The Balaban J connectivity index is 1.57. The summed E-state index contributed by atoms with van der Waals surface area (Å²) in [6.45, 7) is 5.18. The fourth-order valence-electron chi connectivity index (χ4n) is 2.17. The van der Waals surface area contributed by atoms with Crippen molar-refractivity contribution in [1.29, 1.82) is 0 Å². The molecule has 0 aromatic carbocycles. The minimum absolute atomic E-state index is 0.117. The van der Waals surface area contributed by atoms with Crippen molar-refractivity contribution in [3.63, 3.8) is 0 Å². The van der Waals surface area contributed by atoms with Crippen LogP contribution in [-0.2, 0) is 11.3 Å². The number of imidazole rings is 1. The van der Waals surface area contributed by atoms with Crippen LogP contribution in [0.25, 0.3) is 10.6 Å². The molecule has 126 valence electrons. The van der Waals surface area contributed by atoms with Gasteiger partial charge in [-0.25, -0.2) is 15.0 Å². The molecule has 0 unspecified atom stereocenters. The van der Waals surface area contributed by atoms with Gasteiger partial charge in [0, 0.05) is 37.8 Å². The van der Waals surface area contributed by atoms with Crippen LogP contribution in [-0.4, -0.2) is 32.0 Å². The summed E-state index contributed by atoms with van der Waals surface area (Å²) >= 11 is 3.02. The van der Waals surface area contributed by atoms with Gasteiger partial charge >= 0.3 is 0 Å². The van der Waals surface area contributed by atoms with E-state index in [4.69, 9.17) is 0 Å². The van der Waals surface area contributed by atoms with Crippen molar-refractivity contribution in [2.24, 2.45) is 0 Å². The number of carbonyl (C=O) groups is 1. The van der Waals surface area contributed by atoms with Gasteiger partial charge in [0.2, 0.25) is 5.91 Å². The van der Waals surface area contributed by atoms with E-state index in [1.54, 1.807) is 17.5 Å². The molecule has 9 heteroatoms. The molecule has 3 heterocycles. The molecule has 3 aromatic heterocycles. The number of carbonyl (C=O) groups excluding carboxylic acids is 1. The zero-order valence-corrected chi connectivity index (χ0v) is 15.1. The van der Waals surface area contributed by atoms with Crippen LogP contribution in [0.15, 0.2) is 24.1 Å². The molecule has 0 bridgehead atoms. The number of anilines is 2. The molecule has 1 amide bonds. The number of hydrogen-bond donors (Lipinski definition) is 2. The number of rotatable bonds is 7. The van der Waals surface area contributed by atoms with E-state index >= 15 is 0 Å². The third-order valence-electron chi connectivity index (χ3n) is 3.24. The minimum atomic E-state index is -0.117. The summed E-state index contributed by atoms with van der Waals surface area (Å²) in [4.78, 5) is 25.1. The molecular formula is C15H18N6OS2. The van der Waals surface area contributed by atoms with Crippen molar-refractivity contribution in [2.75, 3.05) is 17.2 Å². The molecule has 2 N–H and O–H groups in total. The number of amides is 1. The van der Waals surface area contributed by atoms with Gasteiger partial charge in [-0.3, -0.25) is 4.79 Å². The fraction of sp³-hybridized carbons (Fsp3) is 0.333. The Morgan fingerprint density at radius 2 is 2.21 bits per heavy atom. The predicted octanol–water partition coefficient (Wildman–Crippen LogP) is 3.23. The van der Waals surface area contributed by atoms with E-state index in [1.165, 1.54) is 18.3 Å². The van der Waals surface area contributed by atoms with Gasteiger partial charge in [-0.1, -0.05) is 11.3 Å². The number of aromatic nitrogens is 4. The normalized spacial score (nSPS) is 10.8. The second-order valence-corrected chi connectivity index (χ2v) is 7.09. The second kappa shape index (κ2) is 7.54. The van der Waals surface area contributed by atoms with Crippen molar-refractivity contribution in [2.45, 2.75) is 26.8 Å². The highest BCUT2D eigenvalue weighted by molar-refractivity contribution is 7.19. The minimum Gasteiger partial charge on any atom is -0.361 e. The van der Waals surface area contributed by atoms with Gasteiger partial charge in [-0.05, 0) is 13.3 Å². The molecule has 3 aromatic rings. The smallest absolute Gasteiger partial charge is 0.223 e. The molecule has 0 radical (unpaired) electrons. The van der Waals surface area contributed by atoms with E-state index in [1.807, 2.05) is 24.8 Å². The highest BCUT2D eigenvalue weighted by atomic mass is 32.1. The lowest BCUT2D eigenvalue weighted by atomic mass is 10.3. The van der Waals surface area contributed by atoms with Crippen LogP contribution >= 0.6 is 22.7 Å². The summed E-state index contributed by atoms with van der Waals surface area (Å²) in [6, 6.07) is 0. The lowest BCUT2D eigenvalue weighted by Crippen LogP contribution is -2.05. The fourth-order valence-corrected chi connectivity index (χ4v) is 3.95. The maximum absolute atomic E-state index is 11.1. The second-order valence-electron chi connectivity index (χ2n) is 5.23. The molecule has 3 rings (SSSR count). The van der Waals surface area contributed by atoms with Crippen molar-refractivity contribution in [1.82, 2.24) is 19.5 Å². The van der Waals surface area contributed by atoms with E-state index < -0.39 is 0 Å². The Bertz CT molecular complexity index is 808. The molecule has 0 saturated carbocycles. The van der Waals surface area contributed by atoms with Crippen molar-refractivity contribution in [3.05, 3.63) is 29.8 Å². The number of nitrogens with one attached hydrogen (secondary N) is 2. The molecule has 0 aliphatic carbocycles. The van der Waals surface area contributed by atoms with Crippen LogP contribution in [0.3, 0.4) is 0 Å². The highest BCUT2D eigenvalue weighted by Gasteiger charge is 2.13. The zero-order valence-electron chi connectivity index (χ0n) is 13.4. The summed E-state index contributed by atoms with van der Waals surface area (Å²) in [6.07, 6.45) is 6.56. The Morgan fingerprint density at radius 1 is 1.33 bits per heavy atom. The Hall–Kier alpha value is -2.26. The van der Waals surface area contributed by atoms with Gasteiger partial charge in [-0.15, -0.1) is 11.3 Å². The van der Waals surface area contributed by atoms with Crippen LogP contribution in [0.2, 0.25) is 0 Å². The summed E-state index contributed by atoms with van der Waals surface area (Å²) < 4.78 is 2.05. The first-order chi connectivity index (χ1) is 11.6. The monoisotopic (exact) mass is 362 g/mol. The largest absolute Gasteiger partial charge is 0.361 e. The lowest BCUT2D eigenvalue weighted by Gasteiger charge is -2.03. The van der Waals surface area contributed by atoms with Gasteiger partial charge in [0.05, 0.1) is 22.6 Å². The van der Waals surface area contributed by atoms with Gasteiger partial charge in [0.15, 0.2) is 10.3 Å². The average Bonchev–Trinajstić information content (AvgIpc) is 3.24. The van der Waals surface area contributed by atoms with E-state index in [2.05, 4.69) is 30.2 Å². The quantitative estimate of drug-likeness (QED) is 0.630. The molecular weight excluding hydrogens is 344 g/mol. The maximum Gasteiger partial charge on any atom is 0.223 e. The molecule has 0 aliphatic rings. The van der Waals surface area contributed by atoms with Crippen LogP contribution < -0.4 is 10.6 Å². The standard InChI is InChI=1S/C15H18N6OS2/c1-10-13(24-15(18-10)19-11(2)22)12-8-23-14(20-12)17-4-3-6-21-7-5-16-9-21/h5,7-9H,3-4,6H2,1-2H3,(H,17,20)(H,18,19,22). The van der Waals surface area contributed by atoms with Crippen molar-refractivity contribution < 1.29 is 4.79 Å². The number of thiazole rings is 2. The summed E-state index contributed by atoms with van der Waals surface area (Å²) in [7, 11) is 0. The number of hydrogen-bond acceptors (Lipinski definition) is 7. The Labute approximate surface area is 147 Å². The predicted molar refractivity (Wildman–Crippen MR) is 97.6 cm³/mol. The SMILES string of the molecule is CC(=O)Nc1nc(C)c(-c2csc(NCCCn3ccnc3)n2)s1. The Morgan fingerprint density at radius 3 is 2.96 bits per heavy atom.